The summed E-state index contributed by atoms with van der Waals surface area (Å²) in [6.45, 7) is 7.65. The van der Waals surface area contributed by atoms with Crippen molar-refractivity contribution in [3.05, 3.63) is 98.4 Å². The fourth-order valence-electron chi connectivity index (χ4n) is 11.0. The number of aromatic nitrogens is 2. The van der Waals surface area contributed by atoms with E-state index in [9.17, 15) is 43.5 Å². The summed E-state index contributed by atoms with van der Waals surface area (Å²) in [5.41, 5.74) is 8.19. The first kappa shape index (κ1) is 66.9. The number of amides is 7. The number of anilines is 1. The average Bonchev–Trinajstić information content (AvgIpc) is 1.65. The van der Waals surface area contributed by atoms with Crippen LogP contribution < -0.4 is 47.9 Å². The number of hydrogen-bond donors (Lipinski definition) is 8. The second-order valence-electron chi connectivity index (χ2n) is 22.6. The maximum atomic E-state index is 13.9. The van der Waals surface area contributed by atoms with Gasteiger partial charge in [-0.15, -0.1) is 0 Å². The first-order valence-corrected chi connectivity index (χ1v) is 30.5. The molecule has 4 aromatic rings. The number of nitrogens with one attached hydrogen (secondary N) is 6. The summed E-state index contributed by atoms with van der Waals surface area (Å²) in [6, 6.07) is 10.6. The molecule has 1 saturated carbocycles. The highest BCUT2D eigenvalue weighted by molar-refractivity contribution is 5.98. The van der Waals surface area contributed by atoms with Crippen LogP contribution in [0.5, 0.6) is 5.75 Å². The van der Waals surface area contributed by atoms with Crippen LogP contribution in [0.25, 0.3) is 22.3 Å². The number of esters is 1. The van der Waals surface area contributed by atoms with Gasteiger partial charge in [-0.25, -0.2) is 19.4 Å². The summed E-state index contributed by atoms with van der Waals surface area (Å²) in [5.74, 6) is -1.84. The van der Waals surface area contributed by atoms with Crippen LogP contribution in [0.3, 0.4) is 0 Å². The van der Waals surface area contributed by atoms with Gasteiger partial charge in [0, 0.05) is 54.2 Å². The Balaban J connectivity index is 0.733. The Morgan fingerprint density at radius 2 is 1.54 bits per heavy atom. The molecule has 4 heterocycles. The average molecular weight is 1240 g/mol. The summed E-state index contributed by atoms with van der Waals surface area (Å²) in [4.78, 5) is 109. The maximum Gasteiger partial charge on any atom is 0.407 e. The fourth-order valence-corrected chi connectivity index (χ4v) is 11.0. The van der Waals surface area contributed by atoms with E-state index in [1.807, 2.05) is 0 Å². The standard InChI is InChI=1S/C63H83N9O17/c1-5-63(81)48-32-51-56-46(34-72(51)59(77)47(48)36-88-60(63)78)45(44-31-42(82-4)17-18-49(44)69-56)33-67-62(80)89-35-39-13-15-41(16-14-39)68-57(75)50(11-9-20-66-61(64)79)70-58(76)55(38(2)3)71-53(73)19-22-83-24-26-85-28-29-86-27-25-84-23-21-65-54(74)37-87-52-12-8-6-7-10-40-30-43(40)52/h13-18,30-32,38,40,50,52,55,81H,5-12,19-29,33-37H2,1-4H3,(H,65,74)(H,67,80)(H,68,75)(H,70,76)(H,71,73)(H3,64,66,79)/t40?,50-,52?,55-,63-/m0/s1. The predicted octanol–water partition coefficient (Wildman–Crippen LogP) is 4.01. The number of primary amides is 1. The molecule has 2 unspecified atom stereocenters. The number of ether oxygens (including phenoxy) is 8. The van der Waals surface area contributed by atoms with E-state index in [1.54, 1.807) is 69.3 Å². The van der Waals surface area contributed by atoms with Gasteiger partial charge in [0.1, 0.15) is 37.7 Å². The largest absolute Gasteiger partial charge is 0.497 e. The topological polar surface area (TPSA) is 347 Å². The van der Waals surface area contributed by atoms with Gasteiger partial charge in [0.05, 0.1) is 95.1 Å². The van der Waals surface area contributed by atoms with E-state index >= 15 is 0 Å². The minimum Gasteiger partial charge on any atom is -0.497 e. The number of cyclic esters (lactones) is 1. The van der Waals surface area contributed by atoms with Gasteiger partial charge in [-0.2, -0.15) is 0 Å². The third-order valence-corrected chi connectivity index (χ3v) is 16.0. The van der Waals surface area contributed by atoms with E-state index in [4.69, 9.17) is 48.6 Å². The van der Waals surface area contributed by atoms with Crippen molar-refractivity contribution in [2.45, 2.75) is 129 Å². The Bertz CT molecular complexity index is 3260. The SMILES string of the molecule is CC[C@@]1(O)C(=O)OCc2c1cc1n(c2=O)Cc2c-1nc1ccc(OC)cc1c2CNC(=O)OCc1ccc(NC(=O)[C@H](CCCNC(N)=O)NC(=O)[C@@H](NC(=O)CCOCCOCCOCCOCCNC(=O)COC2CCCCCC3C=C32)C(C)C)cc1. The van der Waals surface area contributed by atoms with Gasteiger partial charge in [0.2, 0.25) is 23.6 Å². The smallest absolute Gasteiger partial charge is 0.407 e. The molecule has 0 radical (unpaired) electrons. The number of hydrogen-bond acceptors (Lipinski definition) is 18. The number of pyridine rings is 2. The first-order chi connectivity index (χ1) is 43.0. The van der Waals surface area contributed by atoms with Crippen LogP contribution in [-0.2, 0) is 89.0 Å². The highest BCUT2D eigenvalue weighted by Gasteiger charge is 2.46. The summed E-state index contributed by atoms with van der Waals surface area (Å²) in [7, 11) is 1.53. The van der Waals surface area contributed by atoms with Crippen LogP contribution in [0.2, 0.25) is 0 Å². The number of methoxy groups -OCH3 is 1. The number of nitrogens with two attached hydrogens (primary N) is 1. The van der Waals surface area contributed by atoms with Crippen molar-refractivity contribution in [1.82, 2.24) is 36.1 Å². The predicted molar refractivity (Wildman–Crippen MR) is 324 cm³/mol. The van der Waals surface area contributed by atoms with Gasteiger partial charge in [0.15, 0.2) is 5.60 Å². The summed E-state index contributed by atoms with van der Waals surface area (Å²) in [6.07, 6.45) is 7.67. The van der Waals surface area contributed by atoms with Crippen LogP contribution in [0, 0.1) is 11.8 Å². The van der Waals surface area contributed by atoms with E-state index in [1.165, 1.54) is 36.5 Å². The second kappa shape index (κ2) is 32.5. The monoisotopic (exact) mass is 1240 g/mol. The number of carbonyl (C=O) groups is 7. The lowest BCUT2D eigenvalue weighted by atomic mass is 9.86. The fraction of sp³-hybridized carbons (Fsp3) is 0.540. The zero-order valence-electron chi connectivity index (χ0n) is 51.0. The zero-order valence-corrected chi connectivity index (χ0v) is 51.0. The van der Waals surface area contributed by atoms with Crippen molar-refractivity contribution < 1.29 is 76.6 Å². The molecule has 89 heavy (non-hydrogen) atoms. The van der Waals surface area contributed by atoms with Crippen LogP contribution >= 0.6 is 0 Å². The van der Waals surface area contributed by atoms with Gasteiger partial charge < -0.3 is 85.2 Å². The Labute approximate surface area is 515 Å². The molecule has 0 saturated heterocycles. The molecule has 2 aromatic carbocycles. The summed E-state index contributed by atoms with van der Waals surface area (Å²) in [5, 5.41) is 28.5. The zero-order chi connectivity index (χ0) is 63.5. The van der Waals surface area contributed by atoms with Crippen molar-refractivity contribution in [3.8, 4) is 17.1 Å². The number of nitrogens with zero attached hydrogens (tertiary/aromatic N) is 2. The van der Waals surface area contributed by atoms with Crippen LogP contribution in [0.1, 0.15) is 106 Å². The molecule has 8 rings (SSSR count). The number of rotatable bonds is 34. The number of alkyl carbamates (subject to hydrolysis) is 1. The highest BCUT2D eigenvalue weighted by Crippen LogP contribution is 2.42. The van der Waals surface area contributed by atoms with Crippen LogP contribution in [0.4, 0.5) is 15.3 Å². The number of aliphatic hydroxyl groups is 1. The van der Waals surface area contributed by atoms with Crippen molar-refractivity contribution in [3.63, 3.8) is 0 Å². The molecular weight excluding hydrogens is 1150 g/mol. The van der Waals surface area contributed by atoms with Crippen LogP contribution in [-0.4, -0.2) is 154 Å². The van der Waals surface area contributed by atoms with Gasteiger partial charge in [-0.3, -0.25) is 24.0 Å². The Morgan fingerprint density at radius 3 is 2.25 bits per heavy atom. The van der Waals surface area contributed by atoms with Crippen molar-refractivity contribution in [1.29, 1.82) is 0 Å². The molecule has 2 aliphatic heterocycles. The second-order valence-corrected chi connectivity index (χ2v) is 22.6. The summed E-state index contributed by atoms with van der Waals surface area (Å²) >= 11 is 0. The number of benzene rings is 2. The van der Waals surface area contributed by atoms with Crippen molar-refractivity contribution in [2.75, 3.05) is 85.0 Å². The van der Waals surface area contributed by atoms with Crippen LogP contribution in [0.15, 0.2) is 65.0 Å². The Kier molecular flexibility index (Phi) is 24.4. The molecular formula is C63H83N9O17. The molecule has 26 nitrogen and oxygen atoms in total. The molecule has 26 heteroatoms. The molecule has 4 aliphatic rings. The Morgan fingerprint density at radius 1 is 0.820 bits per heavy atom. The Hall–Kier alpha value is -8.01. The summed E-state index contributed by atoms with van der Waals surface area (Å²) < 4.78 is 46.0. The number of urea groups is 1. The van der Waals surface area contributed by atoms with Gasteiger partial charge in [0.25, 0.3) is 5.56 Å². The molecule has 2 aliphatic carbocycles. The highest BCUT2D eigenvalue weighted by atomic mass is 16.6. The normalized spacial score (nSPS) is 17.9. The van der Waals surface area contributed by atoms with Gasteiger partial charge >= 0.3 is 18.1 Å². The van der Waals surface area contributed by atoms with Crippen molar-refractivity contribution in [2.24, 2.45) is 17.6 Å². The quantitative estimate of drug-likeness (QED) is 0.0164. The third-order valence-electron chi connectivity index (χ3n) is 16.0. The van der Waals surface area contributed by atoms with E-state index < -0.39 is 59.1 Å². The number of fused-ring (bicyclic) bond motifs is 6. The van der Waals surface area contributed by atoms with E-state index in [2.05, 4.69) is 38.0 Å². The molecule has 7 amide bonds. The molecule has 482 valence electrons. The van der Waals surface area contributed by atoms with Gasteiger partial charge in [-0.1, -0.05) is 58.2 Å². The van der Waals surface area contributed by atoms with Crippen molar-refractivity contribution >= 4 is 58.3 Å². The van der Waals surface area contributed by atoms with E-state index in [0.29, 0.717) is 95.9 Å². The molecule has 0 bridgehead atoms. The minimum absolute atomic E-state index is 0.0113. The molecule has 2 aromatic heterocycles. The third kappa shape index (κ3) is 18.3. The molecule has 9 N–H and O–H groups in total. The first-order valence-electron chi connectivity index (χ1n) is 30.5. The van der Waals surface area contributed by atoms with E-state index in [-0.39, 0.29) is 114 Å². The lowest BCUT2D eigenvalue weighted by Gasteiger charge is -2.31. The molecule has 1 fully saturated rings. The number of allylic oxidation sites excluding steroid dienone is 1. The molecule has 5 atom stereocenters. The van der Waals surface area contributed by atoms with Gasteiger partial charge in [-0.05, 0) is 91.1 Å². The number of carbonyl (C=O) groups excluding carboxylic acids is 7. The minimum atomic E-state index is -2.00. The molecule has 0 spiro atoms. The lowest BCUT2D eigenvalue weighted by molar-refractivity contribution is -0.172. The lowest BCUT2D eigenvalue weighted by Crippen LogP contribution is -2.54. The maximum absolute atomic E-state index is 13.9. The van der Waals surface area contributed by atoms with E-state index in [0.717, 1.165) is 12.8 Å².